The van der Waals surface area contributed by atoms with Crippen molar-refractivity contribution in [2.45, 2.75) is 19.4 Å². The van der Waals surface area contributed by atoms with Crippen LogP contribution in [-0.2, 0) is 30.8 Å². The van der Waals surface area contributed by atoms with Crippen LogP contribution in [0.2, 0.25) is 0 Å². The molecule has 0 bridgehead atoms. The topological polar surface area (TPSA) is 102 Å². The highest BCUT2D eigenvalue weighted by Gasteiger charge is 2.18. The standard InChI is InChI=1S/C21H24N2O5S/c1-17(21(25)22-14-12-18-8-4-2-5-9-18)28-20(24)16-23-29(26,27)15-13-19-10-6-3-7-11-19/h2-11,13,15,17,23H,12,14,16H2,1H3,(H,22,25)/b15-13+/t17-/m1/s1. The Balaban J connectivity index is 1.71. The van der Waals surface area contributed by atoms with Gasteiger partial charge in [0.25, 0.3) is 5.91 Å². The molecule has 0 spiro atoms. The normalized spacial score (nSPS) is 12.4. The third-order valence-electron chi connectivity index (χ3n) is 3.89. The van der Waals surface area contributed by atoms with Gasteiger partial charge in [0, 0.05) is 12.0 Å². The molecular weight excluding hydrogens is 392 g/mol. The Morgan fingerprint density at radius 1 is 1.03 bits per heavy atom. The molecule has 0 heterocycles. The van der Waals surface area contributed by atoms with Crippen molar-refractivity contribution in [1.82, 2.24) is 10.0 Å². The average Bonchev–Trinajstić information content (AvgIpc) is 2.72. The Morgan fingerprint density at radius 2 is 1.66 bits per heavy atom. The van der Waals surface area contributed by atoms with E-state index in [0.717, 1.165) is 11.0 Å². The molecule has 7 nitrogen and oxygen atoms in total. The summed E-state index contributed by atoms with van der Waals surface area (Å²) >= 11 is 0. The van der Waals surface area contributed by atoms with E-state index in [1.54, 1.807) is 24.3 Å². The number of esters is 1. The minimum absolute atomic E-state index is 0.404. The van der Waals surface area contributed by atoms with Crippen LogP contribution in [0.15, 0.2) is 66.1 Å². The number of benzene rings is 2. The van der Waals surface area contributed by atoms with Crippen LogP contribution in [-0.4, -0.2) is 39.5 Å². The lowest BCUT2D eigenvalue weighted by molar-refractivity contribution is -0.153. The summed E-state index contributed by atoms with van der Waals surface area (Å²) in [5.74, 6) is -1.28. The maximum atomic E-state index is 12.0. The van der Waals surface area contributed by atoms with Crippen LogP contribution in [0.25, 0.3) is 6.08 Å². The van der Waals surface area contributed by atoms with Gasteiger partial charge in [-0.3, -0.25) is 9.59 Å². The van der Waals surface area contributed by atoms with Crippen LogP contribution in [0.5, 0.6) is 0 Å². The van der Waals surface area contributed by atoms with Crippen molar-refractivity contribution in [1.29, 1.82) is 0 Å². The summed E-state index contributed by atoms with van der Waals surface area (Å²) in [4.78, 5) is 23.8. The van der Waals surface area contributed by atoms with Crippen LogP contribution in [0.4, 0.5) is 0 Å². The molecule has 2 rings (SSSR count). The van der Waals surface area contributed by atoms with E-state index in [0.29, 0.717) is 18.5 Å². The van der Waals surface area contributed by atoms with E-state index in [1.807, 2.05) is 36.4 Å². The second-order valence-electron chi connectivity index (χ2n) is 6.24. The van der Waals surface area contributed by atoms with Crippen molar-refractivity contribution >= 4 is 28.0 Å². The lowest BCUT2D eigenvalue weighted by Gasteiger charge is -2.13. The van der Waals surface area contributed by atoms with Gasteiger partial charge < -0.3 is 10.1 Å². The number of carbonyl (C=O) groups excluding carboxylic acids is 2. The van der Waals surface area contributed by atoms with E-state index in [-0.39, 0.29) is 0 Å². The molecule has 0 unspecified atom stereocenters. The quantitative estimate of drug-likeness (QED) is 0.576. The molecule has 2 aromatic rings. The predicted octanol–water partition coefficient (Wildman–Crippen LogP) is 1.87. The van der Waals surface area contributed by atoms with Crippen LogP contribution in [0.1, 0.15) is 18.1 Å². The number of hydrogen-bond acceptors (Lipinski definition) is 5. The zero-order chi connectivity index (χ0) is 21.1. The minimum atomic E-state index is -3.81. The summed E-state index contributed by atoms with van der Waals surface area (Å²) in [6.45, 7) is 1.27. The summed E-state index contributed by atoms with van der Waals surface area (Å²) < 4.78 is 30.9. The fourth-order valence-corrected chi connectivity index (χ4v) is 3.10. The first kappa shape index (κ1) is 22.3. The van der Waals surface area contributed by atoms with Crippen LogP contribution in [0.3, 0.4) is 0 Å². The van der Waals surface area contributed by atoms with Crippen molar-refractivity contribution in [2.75, 3.05) is 13.1 Å². The van der Waals surface area contributed by atoms with E-state index >= 15 is 0 Å². The Labute approximate surface area is 170 Å². The largest absolute Gasteiger partial charge is 0.452 e. The van der Waals surface area contributed by atoms with Crippen molar-refractivity contribution in [2.24, 2.45) is 0 Å². The smallest absolute Gasteiger partial charge is 0.321 e. The Morgan fingerprint density at radius 3 is 2.31 bits per heavy atom. The molecule has 2 N–H and O–H groups in total. The first-order valence-corrected chi connectivity index (χ1v) is 10.6. The zero-order valence-corrected chi connectivity index (χ0v) is 16.9. The lowest BCUT2D eigenvalue weighted by Crippen LogP contribution is -2.39. The van der Waals surface area contributed by atoms with Gasteiger partial charge in [-0.15, -0.1) is 0 Å². The number of amides is 1. The summed E-state index contributed by atoms with van der Waals surface area (Å²) in [5.41, 5.74) is 1.79. The molecule has 0 aliphatic carbocycles. The molecule has 0 aromatic heterocycles. The lowest BCUT2D eigenvalue weighted by atomic mass is 10.1. The fraction of sp³-hybridized carbons (Fsp3) is 0.238. The molecule has 1 amide bonds. The highest BCUT2D eigenvalue weighted by atomic mass is 32.2. The summed E-state index contributed by atoms with van der Waals surface area (Å²) in [7, 11) is -3.81. The summed E-state index contributed by atoms with van der Waals surface area (Å²) in [6, 6.07) is 18.5. The number of rotatable bonds is 10. The molecule has 29 heavy (non-hydrogen) atoms. The fourth-order valence-electron chi connectivity index (χ4n) is 2.35. The number of carbonyl (C=O) groups is 2. The predicted molar refractivity (Wildman–Crippen MR) is 111 cm³/mol. The van der Waals surface area contributed by atoms with Crippen LogP contribution >= 0.6 is 0 Å². The maximum absolute atomic E-state index is 12.0. The van der Waals surface area contributed by atoms with Crippen LogP contribution in [0, 0.1) is 0 Å². The van der Waals surface area contributed by atoms with Gasteiger partial charge in [-0.1, -0.05) is 60.7 Å². The van der Waals surface area contributed by atoms with E-state index in [9.17, 15) is 18.0 Å². The van der Waals surface area contributed by atoms with Crippen molar-refractivity contribution in [3.63, 3.8) is 0 Å². The molecule has 154 valence electrons. The van der Waals surface area contributed by atoms with Gasteiger partial charge in [0.2, 0.25) is 10.0 Å². The third kappa shape index (κ3) is 8.71. The van der Waals surface area contributed by atoms with Gasteiger partial charge in [-0.05, 0) is 30.5 Å². The monoisotopic (exact) mass is 416 g/mol. The number of ether oxygens (including phenoxy) is 1. The summed E-state index contributed by atoms with van der Waals surface area (Å²) in [5, 5.41) is 3.65. The van der Waals surface area contributed by atoms with Gasteiger partial charge in [0.05, 0.1) is 0 Å². The number of sulfonamides is 1. The van der Waals surface area contributed by atoms with Crippen LogP contribution < -0.4 is 10.0 Å². The third-order valence-corrected chi connectivity index (χ3v) is 4.93. The molecule has 0 radical (unpaired) electrons. The second kappa shape index (κ2) is 11.1. The molecule has 0 saturated heterocycles. The van der Waals surface area contributed by atoms with Gasteiger partial charge in [0.15, 0.2) is 6.10 Å². The highest BCUT2D eigenvalue weighted by Crippen LogP contribution is 2.03. The van der Waals surface area contributed by atoms with E-state index in [4.69, 9.17) is 4.74 Å². The molecule has 0 saturated carbocycles. The molecular formula is C21H24N2O5S. The maximum Gasteiger partial charge on any atom is 0.321 e. The number of nitrogens with one attached hydrogen (secondary N) is 2. The Kier molecular flexibility index (Phi) is 8.57. The molecule has 1 atom stereocenters. The molecule has 0 aliphatic heterocycles. The summed E-state index contributed by atoms with van der Waals surface area (Å²) in [6.07, 6.45) is 1.04. The van der Waals surface area contributed by atoms with Gasteiger partial charge in [-0.25, -0.2) is 13.1 Å². The van der Waals surface area contributed by atoms with E-state index in [2.05, 4.69) is 10.0 Å². The van der Waals surface area contributed by atoms with E-state index < -0.39 is 34.5 Å². The minimum Gasteiger partial charge on any atom is -0.452 e. The van der Waals surface area contributed by atoms with Gasteiger partial charge in [0.1, 0.15) is 6.54 Å². The van der Waals surface area contributed by atoms with Gasteiger partial charge in [-0.2, -0.15) is 0 Å². The van der Waals surface area contributed by atoms with Crippen molar-refractivity contribution < 1.29 is 22.7 Å². The second-order valence-corrected chi connectivity index (χ2v) is 7.89. The van der Waals surface area contributed by atoms with Gasteiger partial charge >= 0.3 is 5.97 Å². The van der Waals surface area contributed by atoms with Crippen molar-refractivity contribution in [3.8, 4) is 0 Å². The number of hydrogen-bond donors (Lipinski definition) is 2. The van der Waals surface area contributed by atoms with Crippen molar-refractivity contribution in [3.05, 3.63) is 77.2 Å². The molecule has 8 heteroatoms. The highest BCUT2D eigenvalue weighted by molar-refractivity contribution is 7.92. The first-order chi connectivity index (χ1) is 13.9. The average molecular weight is 416 g/mol. The zero-order valence-electron chi connectivity index (χ0n) is 16.1. The molecule has 2 aromatic carbocycles. The molecule has 0 aliphatic rings. The Bertz CT molecular complexity index is 928. The SMILES string of the molecule is C[C@@H](OC(=O)CNS(=O)(=O)/C=C/c1ccccc1)C(=O)NCCc1ccccc1. The Hall–Kier alpha value is -2.97. The molecule has 0 fully saturated rings. The van der Waals surface area contributed by atoms with E-state index in [1.165, 1.54) is 13.0 Å². The first-order valence-electron chi connectivity index (χ1n) is 9.09.